The van der Waals surface area contributed by atoms with Crippen molar-refractivity contribution in [2.24, 2.45) is 0 Å². The van der Waals surface area contributed by atoms with Gasteiger partial charge in [-0.05, 0) is 55.0 Å². The number of carbonyl (C=O) groups is 1. The van der Waals surface area contributed by atoms with Gasteiger partial charge in [0.05, 0.1) is 25.1 Å². The van der Waals surface area contributed by atoms with Crippen molar-refractivity contribution in [3.8, 4) is 22.6 Å². The minimum absolute atomic E-state index is 0.153. The smallest absolute Gasteiger partial charge is 0.255 e. The number of hydrogen-bond donors (Lipinski definition) is 2. The molecule has 1 aliphatic rings. The highest BCUT2D eigenvalue weighted by molar-refractivity contribution is 6.33. The van der Waals surface area contributed by atoms with Crippen LogP contribution in [0.5, 0.6) is 0 Å². The summed E-state index contributed by atoms with van der Waals surface area (Å²) in [4.78, 5) is 23.1. The number of imidazole rings is 1. The Morgan fingerprint density at radius 3 is 2.56 bits per heavy atom. The topological polar surface area (TPSA) is 70.2 Å². The van der Waals surface area contributed by atoms with Gasteiger partial charge in [0.25, 0.3) is 5.91 Å². The normalized spacial score (nSPS) is 13.6. The Kier molecular flexibility index (Phi) is 6.34. The number of aryl methyl sites for hydroxylation is 1. The Hall–Kier alpha value is -3.61. The summed E-state index contributed by atoms with van der Waals surface area (Å²) in [5, 5.41) is 3.67. The molecule has 0 radical (unpaired) electrons. The molecule has 0 aliphatic carbocycles. The van der Waals surface area contributed by atoms with E-state index in [9.17, 15) is 4.79 Å². The van der Waals surface area contributed by atoms with E-state index in [2.05, 4.69) is 20.2 Å². The van der Waals surface area contributed by atoms with Gasteiger partial charge in [0.15, 0.2) is 0 Å². The summed E-state index contributed by atoms with van der Waals surface area (Å²) >= 11 is 6.34. The van der Waals surface area contributed by atoms with Crippen molar-refractivity contribution in [2.45, 2.75) is 6.92 Å². The molecular formula is C27H25ClN4O2. The van der Waals surface area contributed by atoms with Crippen LogP contribution in [0.2, 0.25) is 5.02 Å². The molecule has 1 amide bonds. The maximum absolute atomic E-state index is 12.9. The third kappa shape index (κ3) is 4.69. The third-order valence-electron chi connectivity index (χ3n) is 6.00. The van der Waals surface area contributed by atoms with Crippen molar-refractivity contribution in [1.82, 2.24) is 9.97 Å². The summed E-state index contributed by atoms with van der Waals surface area (Å²) in [5.74, 6) is 0.568. The maximum atomic E-state index is 12.9. The van der Waals surface area contributed by atoms with E-state index in [4.69, 9.17) is 16.3 Å². The molecule has 0 spiro atoms. The predicted molar refractivity (Wildman–Crippen MR) is 137 cm³/mol. The first-order valence-electron chi connectivity index (χ1n) is 11.2. The number of halogens is 1. The minimum atomic E-state index is -0.153. The molecule has 2 N–H and O–H groups in total. The molecular weight excluding hydrogens is 448 g/mol. The molecule has 3 aromatic carbocycles. The number of ether oxygens (including phenoxy) is 1. The first kappa shape index (κ1) is 22.2. The Balaban J connectivity index is 1.33. The third-order valence-corrected chi connectivity index (χ3v) is 6.33. The quantitative estimate of drug-likeness (QED) is 0.385. The molecule has 1 aliphatic heterocycles. The van der Waals surface area contributed by atoms with Crippen molar-refractivity contribution < 1.29 is 9.53 Å². The molecule has 4 aromatic rings. The number of amides is 1. The summed E-state index contributed by atoms with van der Waals surface area (Å²) in [5.41, 5.74) is 6.12. The Morgan fingerprint density at radius 1 is 1.03 bits per heavy atom. The number of H-pyrrole nitrogens is 1. The van der Waals surface area contributed by atoms with Gasteiger partial charge in [-0.3, -0.25) is 4.79 Å². The zero-order valence-corrected chi connectivity index (χ0v) is 19.6. The summed E-state index contributed by atoms with van der Waals surface area (Å²) in [6.45, 7) is 5.20. The first-order valence-corrected chi connectivity index (χ1v) is 11.6. The van der Waals surface area contributed by atoms with Crippen LogP contribution in [0, 0.1) is 6.92 Å². The van der Waals surface area contributed by atoms with E-state index < -0.39 is 0 Å². The van der Waals surface area contributed by atoms with Crippen LogP contribution in [0.1, 0.15) is 15.9 Å². The average Bonchev–Trinajstić information content (AvgIpc) is 3.36. The molecule has 0 unspecified atom stereocenters. The Bertz CT molecular complexity index is 1310. The number of hydrogen-bond acceptors (Lipinski definition) is 4. The zero-order valence-electron chi connectivity index (χ0n) is 18.8. The lowest BCUT2D eigenvalue weighted by Gasteiger charge is -2.28. The SMILES string of the molecule is Cc1ccc(NC(=O)c2ccc(N3CCOCC3)cc2)cc1-c1ncc(-c2ccccc2Cl)[nH]1. The van der Waals surface area contributed by atoms with E-state index in [-0.39, 0.29) is 5.91 Å². The number of carbonyl (C=O) groups excluding carboxylic acids is 1. The van der Waals surface area contributed by atoms with Crippen LogP contribution in [0.3, 0.4) is 0 Å². The van der Waals surface area contributed by atoms with Gasteiger partial charge in [0.1, 0.15) is 5.82 Å². The van der Waals surface area contributed by atoms with Crippen LogP contribution in [-0.2, 0) is 4.74 Å². The molecule has 0 bridgehead atoms. The molecule has 0 saturated carbocycles. The lowest BCUT2D eigenvalue weighted by Crippen LogP contribution is -2.36. The second-order valence-corrected chi connectivity index (χ2v) is 8.66. The summed E-state index contributed by atoms with van der Waals surface area (Å²) in [6.07, 6.45) is 1.78. The number of nitrogens with one attached hydrogen (secondary N) is 2. The van der Waals surface area contributed by atoms with Crippen molar-refractivity contribution in [3.63, 3.8) is 0 Å². The monoisotopic (exact) mass is 472 g/mol. The summed E-state index contributed by atoms with van der Waals surface area (Å²) in [6, 6.07) is 21.1. The van der Waals surface area contributed by atoms with Crippen LogP contribution in [0.4, 0.5) is 11.4 Å². The number of anilines is 2. The van der Waals surface area contributed by atoms with Gasteiger partial charge in [-0.25, -0.2) is 4.98 Å². The van der Waals surface area contributed by atoms with Gasteiger partial charge in [0, 0.05) is 46.2 Å². The Morgan fingerprint density at radius 2 is 1.79 bits per heavy atom. The van der Waals surface area contributed by atoms with Gasteiger partial charge in [-0.15, -0.1) is 0 Å². The van der Waals surface area contributed by atoms with Crippen molar-refractivity contribution in [2.75, 3.05) is 36.5 Å². The number of morpholine rings is 1. The minimum Gasteiger partial charge on any atom is -0.378 e. The van der Waals surface area contributed by atoms with E-state index in [1.165, 1.54) is 0 Å². The molecule has 7 heteroatoms. The molecule has 172 valence electrons. The summed E-state index contributed by atoms with van der Waals surface area (Å²) < 4.78 is 5.41. The van der Waals surface area contributed by atoms with Gasteiger partial charge < -0.3 is 19.9 Å². The highest BCUT2D eigenvalue weighted by Crippen LogP contribution is 2.30. The van der Waals surface area contributed by atoms with Gasteiger partial charge in [0.2, 0.25) is 0 Å². The lowest BCUT2D eigenvalue weighted by atomic mass is 10.1. The standard InChI is InChI=1S/C27H25ClN4O2/c1-18-6-9-20(16-23(18)26-29-17-25(31-26)22-4-2-3-5-24(22)28)30-27(33)19-7-10-21(11-8-19)32-12-14-34-15-13-32/h2-11,16-17H,12-15H2,1H3,(H,29,31)(H,30,33). The zero-order chi connectivity index (χ0) is 23.5. The second-order valence-electron chi connectivity index (χ2n) is 8.26. The van der Waals surface area contributed by atoms with E-state index >= 15 is 0 Å². The molecule has 6 nitrogen and oxygen atoms in total. The molecule has 1 aromatic heterocycles. The van der Waals surface area contributed by atoms with Crippen LogP contribution in [0.25, 0.3) is 22.6 Å². The van der Waals surface area contributed by atoms with Crippen molar-refractivity contribution in [3.05, 3.63) is 89.1 Å². The fourth-order valence-electron chi connectivity index (χ4n) is 4.08. The number of aromatic nitrogens is 2. The maximum Gasteiger partial charge on any atom is 0.255 e. The van der Waals surface area contributed by atoms with E-state index in [0.29, 0.717) is 16.3 Å². The fourth-order valence-corrected chi connectivity index (χ4v) is 4.32. The molecule has 1 saturated heterocycles. The highest BCUT2D eigenvalue weighted by atomic mass is 35.5. The fraction of sp³-hybridized carbons (Fsp3) is 0.185. The Labute approximate surface area is 203 Å². The molecule has 2 heterocycles. The highest BCUT2D eigenvalue weighted by Gasteiger charge is 2.14. The molecule has 0 atom stereocenters. The number of nitrogens with zero attached hydrogens (tertiary/aromatic N) is 2. The van der Waals surface area contributed by atoms with E-state index in [1.54, 1.807) is 6.20 Å². The predicted octanol–water partition coefficient (Wildman–Crippen LogP) is 5.79. The van der Waals surface area contributed by atoms with E-state index in [0.717, 1.165) is 60.2 Å². The molecule has 5 rings (SSSR count). The van der Waals surface area contributed by atoms with Crippen LogP contribution in [-0.4, -0.2) is 42.2 Å². The van der Waals surface area contributed by atoms with Crippen LogP contribution in [0.15, 0.2) is 72.9 Å². The van der Waals surface area contributed by atoms with Crippen molar-refractivity contribution in [1.29, 1.82) is 0 Å². The average molecular weight is 473 g/mol. The van der Waals surface area contributed by atoms with Crippen molar-refractivity contribution >= 4 is 28.9 Å². The number of aromatic amines is 1. The van der Waals surface area contributed by atoms with E-state index in [1.807, 2.05) is 73.7 Å². The summed E-state index contributed by atoms with van der Waals surface area (Å²) in [7, 11) is 0. The van der Waals surface area contributed by atoms with Crippen LogP contribution >= 0.6 is 11.6 Å². The van der Waals surface area contributed by atoms with Crippen LogP contribution < -0.4 is 10.2 Å². The second kappa shape index (κ2) is 9.71. The lowest BCUT2D eigenvalue weighted by molar-refractivity contribution is 0.102. The van der Waals surface area contributed by atoms with Gasteiger partial charge in [-0.1, -0.05) is 35.9 Å². The number of benzene rings is 3. The molecule has 34 heavy (non-hydrogen) atoms. The number of rotatable bonds is 5. The first-order chi connectivity index (χ1) is 16.6. The van der Waals surface area contributed by atoms with Gasteiger partial charge >= 0.3 is 0 Å². The van der Waals surface area contributed by atoms with Gasteiger partial charge in [-0.2, -0.15) is 0 Å². The largest absolute Gasteiger partial charge is 0.378 e. The molecule has 1 fully saturated rings.